The van der Waals surface area contributed by atoms with Crippen LogP contribution in [-0.4, -0.2) is 11.4 Å². The molecular formula is C15H17NS. The average molecular weight is 243 g/mol. The lowest BCUT2D eigenvalue weighted by Crippen LogP contribution is -2.08. The lowest BCUT2D eigenvalue weighted by atomic mass is 10.2. The Labute approximate surface area is 108 Å². The third-order valence-electron chi connectivity index (χ3n) is 2.53. The fourth-order valence-electron chi connectivity index (χ4n) is 1.65. The topological polar surface area (TPSA) is 3.24 Å². The average Bonchev–Trinajstić information content (AvgIpc) is 2.33. The molecule has 2 heteroatoms. The van der Waals surface area contributed by atoms with Crippen LogP contribution in [0.1, 0.15) is 11.1 Å². The lowest BCUT2D eigenvalue weighted by Gasteiger charge is -2.15. The summed E-state index contributed by atoms with van der Waals surface area (Å²) in [7, 11) is 2.12. The summed E-state index contributed by atoms with van der Waals surface area (Å²) in [5.74, 6) is 0. The first-order valence-corrected chi connectivity index (χ1v) is 6.51. The molecule has 0 aliphatic rings. The zero-order chi connectivity index (χ0) is 12.1. The van der Waals surface area contributed by atoms with Crippen molar-refractivity contribution in [3.63, 3.8) is 0 Å². The zero-order valence-corrected chi connectivity index (χ0v) is 11.1. The standard InChI is InChI=1S/C15H17NS/c1-13-8-10-15(11-9-13)17-16(2)12-14-6-4-3-5-7-14/h3-11H,12H2,1-2H3. The van der Waals surface area contributed by atoms with Crippen molar-refractivity contribution in [1.82, 2.24) is 4.31 Å². The summed E-state index contributed by atoms with van der Waals surface area (Å²) in [6, 6.07) is 19.2. The van der Waals surface area contributed by atoms with Gasteiger partial charge in [-0.25, -0.2) is 4.31 Å². The normalized spacial score (nSPS) is 10.8. The third kappa shape index (κ3) is 3.91. The molecule has 0 heterocycles. The van der Waals surface area contributed by atoms with E-state index in [1.807, 2.05) is 0 Å². The highest BCUT2D eigenvalue weighted by molar-refractivity contribution is 7.97. The van der Waals surface area contributed by atoms with Crippen molar-refractivity contribution in [3.8, 4) is 0 Å². The second-order valence-electron chi connectivity index (χ2n) is 4.18. The molecule has 0 spiro atoms. The molecule has 0 radical (unpaired) electrons. The molecule has 0 bridgehead atoms. The smallest absolute Gasteiger partial charge is 0.0340 e. The van der Waals surface area contributed by atoms with Gasteiger partial charge >= 0.3 is 0 Å². The predicted molar refractivity (Wildman–Crippen MR) is 74.9 cm³/mol. The van der Waals surface area contributed by atoms with E-state index < -0.39 is 0 Å². The number of hydrogen-bond donors (Lipinski definition) is 0. The minimum absolute atomic E-state index is 0.958. The van der Waals surface area contributed by atoms with Crippen LogP contribution in [0.2, 0.25) is 0 Å². The number of nitrogens with zero attached hydrogens (tertiary/aromatic N) is 1. The third-order valence-corrected chi connectivity index (χ3v) is 3.45. The predicted octanol–water partition coefficient (Wildman–Crippen LogP) is 4.13. The summed E-state index contributed by atoms with van der Waals surface area (Å²) in [4.78, 5) is 1.29. The first kappa shape index (κ1) is 12.2. The minimum atomic E-state index is 0.958. The second-order valence-corrected chi connectivity index (χ2v) is 5.45. The van der Waals surface area contributed by atoms with Crippen molar-refractivity contribution in [1.29, 1.82) is 0 Å². The molecule has 0 N–H and O–H groups in total. The van der Waals surface area contributed by atoms with Crippen molar-refractivity contribution in [3.05, 3.63) is 65.7 Å². The van der Waals surface area contributed by atoms with Crippen molar-refractivity contribution in [2.45, 2.75) is 18.4 Å². The van der Waals surface area contributed by atoms with Gasteiger partial charge in [-0.1, -0.05) is 48.0 Å². The summed E-state index contributed by atoms with van der Waals surface area (Å²) >= 11 is 1.78. The summed E-state index contributed by atoms with van der Waals surface area (Å²) < 4.78 is 2.25. The van der Waals surface area contributed by atoms with E-state index in [0.717, 1.165) is 6.54 Å². The van der Waals surface area contributed by atoms with Crippen molar-refractivity contribution in [2.24, 2.45) is 0 Å². The Morgan fingerprint density at radius 1 is 0.941 bits per heavy atom. The van der Waals surface area contributed by atoms with E-state index in [0.29, 0.717) is 0 Å². The van der Waals surface area contributed by atoms with Gasteiger partial charge in [0.1, 0.15) is 0 Å². The van der Waals surface area contributed by atoms with Crippen LogP contribution in [0.15, 0.2) is 59.5 Å². The largest absolute Gasteiger partial charge is 0.245 e. The van der Waals surface area contributed by atoms with Gasteiger partial charge in [-0.3, -0.25) is 0 Å². The van der Waals surface area contributed by atoms with Gasteiger partial charge in [0.25, 0.3) is 0 Å². The van der Waals surface area contributed by atoms with Gasteiger partial charge in [-0.15, -0.1) is 0 Å². The molecule has 0 saturated carbocycles. The molecule has 0 saturated heterocycles. The Morgan fingerprint density at radius 2 is 1.59 bits per heavy atom. The van der Waals surface area contributed by atoms with Crippen molar-refractivity contribution >= 4 is 11.9 Å². The molecule has 17 heavy (non-hydrogen) atoms. The van der Waals surface area contributed by atoms with E-state index in [1.54, 1.807) is 11.9 Å². The second kappa shape index (κ2) is 5.89. The van der Waals surface area contributed by atoms with Gasteiger partial charge < -0.3 is 0 Å². The van der Waals surface area contributed by atoms with Crippen LogP contribution in [0.3, 0.4) is 0 Å². The van der Waals surface area contributed by atoms with Gasteiger partial charge in [0.15, 0.2) is 0 Å². The maximum Gasteiger partial charge on any atom is 0.0340 e. The molecule has 0 aliphatic carbocycles. The molecule has 1 nitrogen and oxygen atoms in total. The molecule has 2 aromatic carbocycles. The molecule has 0 unspecified atom stereocenters. The van der Waals surface area contributed by atoms with Crippen LogP contribution in [-0.2, 0) is 6.54 Å². The summed E-state index contributed by atoms with van der Waals surface area (Å²) in [6.45, 7) is 3.07. The minimum Gasteiger partial charge on any atom is -0.245 e. The highest BCUT2D eigenvalue weighted by Crippen LogP contribution is 2.22. The quantitative estimate of drug-likeness (QED) is 0.743. The Bertz CT molecular complexity index is 450. The van der Waals surface area contributed by atoms with Crippen LogP contribution in [0.25, 0.3) is 0 Å². The summed E-state index contributed by atoms with van der Waals surface area (Å²) in [6.07, 6.45) is 0. The van der Waals surface area contributed by atoms with Crippen LogP contribution in [0.5, 0.6) is 0 Å². The Balaban J connectivity index is 1.93. The number of rotatable bonds is 4. The Morgan fingerprint density at radius 3 is 2.24 bits per heavy atom. The maximum atomic E-state index is 2.25. The SMILES string of the molecule is Cc1ccc(SN(C)Cc2ccccc2)cc1. The maximum absolute atomic E-state index is 2.25. The molecule has 2 aromatic rings. The van der Waals surface area contributed by atoms with Crippen LogP contribution in [0, 0.1) is 6.92 Å². The van der Waals surface area contributed by atoms with Gasteiger partial charge in [0, 0.05) is 11.4 Å². The first-order valence-electron chi connectivity index (χ1n) is 5.74. The molecule has 0 fully saturated rings. The molecule has 0 amide bonds. The summed E-state index contributed by atoms with van der Waals surface area (Å²) in [5, 5.41) is 0. The Hall–Kier alpha value is -1.25. The van der Waals surface area contributed by atoms with Gasteiger partial charge in [-0.05, 0) is 43.6 Å². The van der Waals surface area contributed by atoms with Crippen LogP contribution in [0.4, 0.5) is 0 Å². The van der Waals surface area contributed by atoms with E-state index in [9.17, 15) is 0 Å². The van der Waals surface area contributed by atoms with Gasteiger partial charge in [-0.2, -0.15) is 0 Å². The van der Waals surface area contributed by atoms with Crippen LogP contribution < -0.4 is 0 Å². The highest BCUT2D eigenvalue weighted by atomic mass is 32.2. The molecule has 0 atom stereocenters. The van der Waals surface area contributed by atoms with Crippen molar-refractivity contribution in [2.75, 3.05) is 7.05 Å². The zero-order valence-electron chi connectivity index (χ0n) is 10.3. The van der Waals surface area contributed by atoms with E-state index in [2.05, 4.69) is 72.9 Å². The monoisotopic (exact) mass is 243 g/mol. The van der Waals surface area contributed by atoms with E-state index in [1.165, 1.54) is 16.0 Å². The fraction of sp³-hybridized carbons (Fsp3) is 0.200. The highest BCUT2D eigenvalue weighted by Gasteiger charge is 2.02. The molecule has 88 valence electrons. The van der Waals surface area contributed by atoms with E-state index >= 15 is 0 Å². The molecular weight excluding hydrogens is 226 g/mol. The van der Waals surface area contributed by atoms with Crippen LogP contribution >= 0.6 is 11.9 Å². The van der Waals surface area contributed by atoms with Gasteiger partial charge in [0.05, 0.1) is 0 Å². The van der Waals surface area contributed by atoms with Crippen molar-refractivity contribution < 1.29 is 0 Å². The number of benzene rings is 2. The molecule has 2 rings (SSSR count). The lowest BCUT2D eigenvalue weighted by molar-refractivity contribution is 0.564. The number of aryl methyl sites for hydroxylation is 1. The molecule has 0 aliphatic heterocycles. The molecule has 0 aromatic heterocycles. The first-order chi connectivity index (χ1) is 8.24. The summed E-state index contributed by atoms with van der Waals surface area (Å²) in [5.41, 5.74) is 2.65. The van der Waals surface area contributed by atoms with Gasteiger partial charge in [0.2, 0.25) is 0 Å². The van der Waals surface area contributed by atoms with E-state index in [-0.39, 0.29) is 0 Å². The number of hydrogen-bond acceptors (Lipinski definition) is 2. The van der Waals surface area contributed by atoms with E-state index in [4.69, 9.17) is 0 Å². The Kier molecular flexibility index (Phi) is 4.24. The fourth-order valence-corrected chi connectivity index (χ4v) is 2.48.